The molecule has 0 bridgehead atoms. The largest absolute Gasteiger partial charge is 0.349 e. The lowest BCUT2D eigenvalue weighted by molar-refractivity contribution is 0.0928. The van der Waals surface area contributed by atoms with Gasteiger partial charge in [-0.3, -0.25) is 4.79 Å². The van der Waals surface area contributed by atoms with Crippen molar-refractivity contribution in [3.63, 3.8) is 0 Å². The predicted octanol–water partition coefficient (Wildman–Crippen LogP) is 1.86. The Morgan fingerprint density at radius 1 is 1.40 bits per heavy atom. The molecule has 1 aromatic rings. The second kappa shape index (κ2) is 4.87. The molecule has 0 atom stereocenters. The maximum Gasteiger partial charge on any atom is 0.289 e. The molecule has 0 aliphatic carbocycles. The molecule has 0 unspecified atom stereocenters. The fraction of sp³-hybridized carbons (Fsp3) is 0.500. The minimum atomic E-state index is -0.221. The summed E-state index contributed by atoms with van der Waals surface area (Å²) in [6.45, 7) is 6.79. The maximum absolute atomic E-state index is 11.6. The van der Waals surface area contributed by atoms with Crippen LogP contribution in [0.2, 0.25) is 0 Å². The molecule has 1 heterocycles. The molecule has 0 aliphatic heterocycles. The van der Waals surface area contributed by atoms with Crippen LogP contribution in [-0.2, 0) is 0 Å². The van der Waals surface area contributed by atoms with Gasteiger partial charge in [-0.2, -0.15) is 0 Å². The van der Waals surface area contributed by atoms with E-state index >= 15 is 0 Å². The van der Waals surface area contributed by atoms with Crippen LogP contribution in [-0.4, -0.2) is 22.4 Å². The zero-order valence-corrected chi connectivity index (χ0v) is 11.2. The van der Waals surface area contributed by atoms with Gasteiger partial charge in [-0.05, 0) is 28.0 Å². The lowest BCUT2D eigenvalue weighted by atomic mass is 9.97. The molecule has 0 aliphatic rings. The van der Waals surface area contributed by atoms with Gasteiger partial charge >= 0.3 is 0 Å². The molecular weight excluding hydrogens is 305 g/mol. The molecule has 0 saturated carbocycles. The number of carbonyl (C=O) groups excluding carboxylic acids is 1. The molecule has 0 aromatic carbocycles. The smallest absolute Gasteiger partial charge is 0.289 e. The minimum Gasteiger partial charge on any atom is -0.349 e. The molecule has 1 amide bonds. The number of rotatable bonds is 2. The standard InChI is InChI=1S/C10H14IN3O/c1-10(2,3)6-14-9(15)8-12-4-7(11)5-13-8/h4-5H,6H2,1-3H3,(H,14,15). The average Bonchev–Trinajstić information content (AvgIpc) is 2.14. The van der Waals surface area contributed by atoms with Crippen LogP contribution in [0.3, 0.4) is 0 Å². The first-order chi connectivity index (χ1) is 6.88. The van der Waals surface area contributed by atoms with Crippen LogP contribution >= 0.6 is 22.6 Å². The van der Waals surface area contributed by atoms with E-state index in [1.165, 1.54) is 0 Å². The maximum atomic E-state index is 11.6. The average molecular weight is 319 g/mol. The van der Waals surface area contributed by atoms with E-state index in [2.05, 4.69) is 58.6 Å². The number of carbonyl (C=O) groups is 1. The van der Waals surface area contributed by atoms with E-state index in [4.69, 9.17) is 0 Å². The summed E-state index contributed by atoms with van der Waals surface area (Å²) in [6, 6.07) is 0. The zero-order chi connectivity index (χ0) is 11.5. The number of aromatic nitrogens is 2. The first-order valence-electron chi connectivity index (χ1n) is 4.64. The third-order valence-electron chi connectivity index (χ3n) is 1.60. The molecule has 1 aromatic heterocycles. The first-order valence-corrected chi connectivity index (χ1v) is 5.72. The van der Waals surface area contributed by atoms with Crippen LogP contribution < -0.4 is 5.32 Å². The van der Waals surface area contributed by atoms with Gasteiger partial charge < -0.3 is 5.32 Å². The topological polar surface area (TPSA) is 54.9 Å². The van der Waals surface area contributed by atoms with Gasteiger partial charge in [0.25, 0.3) is 5.91 Å². The molecule has 1 N–H and O–H groups in total. The molecule has 0 spiro atoms. The van der Waals surface area contributed by atoms with Crippen molar-refractivity contribution in [2.45, 2.75) is 20.8 Å². The summed E-state index contributed by atoms with van der Waals surface area (Å²) < 4.78 is 0.917. The second-order valence-electron chi connectivity index (χ2n) is 4.47. The minimum absolute atomic E-state index is 0.0683. The van der Waals surface area contributed by atoms with Gasteiger partial charge in [-0.25, -0.2) is 9.97 Å². The quantitative estimate of drug-likeness (QED) is 0.847. The van der Waals surface area contributed by atoms with E-state index in [1.807, 2.05) is 0 Å². The van der Waals surface area contributed by atoms with Gasteiger partial charge in [0.1, 0.15) is 0 Å². The summed E-state index contributed by atoms with van der Waals surface area (Å²) in [6.07, 6.45) is 3.25. The monoisotopic (exact) mass is 319 g/mol. The van der Waals surface area contributed by atoms with E-state index in [9.17, 15) is 4.79 Å². The van der Waals surface area contributed by atoms with E-state index in [0.29, 0.717) is 6.54 Å². The van der Waals surface area contributed by atoms with Crippen LogP contribution in [0.15, 0.2) is 12.4 Å². The molecular formula is C10H14IN3O. The summed E-state index contributed by atoms with van der Waals surface area (Å²) >= 11 is 2.10. The fourth-order valence-electron chi connectivity index (χ4n) is 0.854. The Kier molecular flexibility index (Phi) is 4.01. The molecule has 0 fully saturated rings. The highest BCUT2D eigenvalue weighted by molar-refractivity contribution is 14.1. The molecule has 4 nitrogen and oxygen atoms in total. The second-order valence-corrected chi connectivity index (χ2v) is 5.71. The van der Waals surface area contributed by atoms with Gasteiger partial charge in [0.2, 0.25) is 5.82 Å². The number of hydrogen-bond acceptors (Lipinski definition) is 3. The van der Waals surface area contributed by atoms with Gasteiger partial charge in [-0.1, -0.05) is 20.8 Å². The van der Waals surface area contributed by atoms with E-state index in [-0.39, 0.29) is 17.1 Å². The summed E-state index contributed by atoms with van der Waals surface area (Å²) in [7, 11) is 0. The number of halogens is 1. The summed E-state index contributed by atoms with van der Waals surface area (Å²) in [4.78, 5) is 19.5. The Bertz CT molecular complexity index is 343. The Morgan fingerprint density at radius 2 is 1.93 bits per heavy atom. The van der Waals surface area contributed by atoms with Gasteiger partial charge in [0.05, 0.1) is 0 Å². The van der Waals surface area contributed by atoms with Gasteiger partial charge in [-0.15, -0.1) is 0 Å². The highest BCUT2D eigenvalue weighted by Gasteiger charge is 2.14. The highest BCUT2D eigenvalue weighted by Crippen LogP contribution is 2.10. The number of nitrogens with one attached hydrogen (secondary N) is 1. The Labute approximate surface area is 103 Å². The molecule has 0 saturated heterocycles. The van der Waals surface area contributed by atoms with Crippen LogP contribution in [0.1, 0.15) is 31.4 Å². The fourth-order valence-corrected chi connectivity index (χ4v) is 1.13. The van der Waals surface area contributed by atoms with Crippen LogP contribution in [0.25, 0.3) is 0 Å². The lowest BCUT2D eigenvalue weighted by Crippen LogP contribution is -2.33. The number of nitrogens with zero attached hydrogens (tertiary/aromatic N) is 2. The van der Waals surface area contributed by atoms with Gasteiger partial charge in [0.15, 0.2) is 0 Å². The highest BCUT2D eigenvalue weighted by atomic mass is 127. The van der Waals surface area contributed by atoms with Crippen molar-refractivity contribution >= 4 is 28.5 Å². The van der Waals surface area contributed by atoms with Crippen molar-refractivity contribution in [3.8, 4) is 0 Å². The summed E-state index contributed by atoms with van der Waals surface area (Å²) in [5.74, 6) is 0.000918. The van der Waals surface area contributed by atoms with Crippen molar-refractivity contribution < 1.29 is 4.79 Å². The molecule has 5 heteroatoms. The zero-order valence-electron chi connectivity index (χ0n) is 9.04. The molecule has 0 radical (unpaired) electrons. The van der Waals surface area contributed by atoms with Crippen molar-refractivity contribution in [2.75, 3.05) is 6.54 Å². The molecule has 15 heavy (non-hydrogen) atoms. The van der Waals surface area contributed by atoms with E-state index in [0.717, 1.165) is 3.57 Å². The van der Waals surface area contributed by atoms with E-state index < -0.39 is 0 Å². The van der Waals surface area contributed by atoms with Crippen molar-refractivity contribution in [1.82, 2.24) is 15.3 Å². The Hall–Kier alpha value is -0.720. The summed E-state index contributed by atoms with van der Waals surface area (Å²) in [5, 5.41) is 2.79. The number of amides is 1. The van der Waals surface area contributed by atoms with Crippen molar-refractivity contribution in [2.24, 2.45) is 5.41 Å². The Morgan fingerprint density at radius 3 is 2.40 bits per heavy atom. The van der Waals surface area contributed by atoms with E-state index in [1.54, 1.807) is 12.4 Å². The predicted molar refractivity (Wildman–Crippen MR) is 66.5 cm³/mol. The Balaban J connectivity index is 2.58. The number of hydrogen-bond donors (Lipinski definition) is 1. The molecule has 1 rings (SSSR count). The first kappa shape index (κ1) is 12.4. The SMILES string of the molecule is CC(C)(C)CNC(=O)c1ncc(I)cn1. The normalized spacial score (nSPS) is 11.2. The third-order valence-corrected chi connectivity index (χ3v) is 2.16. The van der Waals surface area contributed by atoms with Crippen LogP contribution in [0.5, 0.6) is 0 Å². The van der Waals surface area contributed by atoms with Crippen LogP contribution in [0.4, 0.5) is 0 Å². The van der Waals surface area contributed by atoms with Crippen molar-refractivity contribution in [1.29, 1.82) is 0 Å². The third kappa shape index (κ3) is 4.55. The van der Waals surface area contributed by atoms with Crippen LogP contribution in [0, 0.1) is 8.99 Å². The molecule has 82 valence electrons. The van der Waals surface area contributed by atoms with Gasteiger partial charge in [0, 0.05) is 22.5 Å². The summed E-state index contributed by atoms with van der Waals surface area (Å²) in [5.41, 5.74) is 0.0683. The lowest BCUT2D eigenvalue weighted by Gasteiger charge is -2.18. The van der Waals surface area contributed by atoms with Crippen molar-refractivity contribution in [3.05, 3.63) is 21.8 Å².